The Morgan fingerprint density at radius 3 is 2.89 bits per heavy atom. The van der Waals surface area contributed by atoms with Gasteiger partial charge in [0.25, 0.3) is 0 Å². The number of imidazole rings is 1. The van der Waals surface area contributed by atoms with Gasteiger partial charge in [0.15, 0.2) is 17.3 Å². The molecule has 6 rings (SSSR count). The van der Waals surface area contributed by atoms with Crippen LogP contribution in [-0.2, 0) is 11.3 Å². The smallest absolute Gasteiger partial charge is 0.161 e. The highest BCUT2D eigenvalue weighted by molar-refractivity contribution is 5.83. The number of H-pyrrole nitrogens is 2. The van der Waals surface area contributed by atoms with Crippen LogP contribution in [0.25, 0.3) is 33.9 Å². The third-order valence-electron chi connectivity index (χ3n) is 6.13. The number of morpholine rings is 1. The minimum atomic E-state index is 0.582. The third-order valence-corrected chi connectivity index (χ3v) is 6.13. The van der Waals surface area contributed by atoms with Gasteiger partial charge in [0, 0.05) is 43.2 Å². The molecule has 3 aromatic heterocycles. The Hall–Kier alpha value is -4.52. The molecule has 1 aliphatic rings. The first-order valence-corrected chi connectivity index (χ1v) is 11.8. The zero-order valence-electron chi connectivity index (χ0n) is 19.5. The average molecular weight is 477 g/mol. The Kier molecular flexibility index (Phi) is 5.87. The lowest BCUT2D eigenvalue weighted by Crippen LogP contribution is -2.35. The summed E-state index contributed by atoms with van der Waals surface area (Å²) in [5, 5.41) is 10.7. The number of anilines is 2. The number of hydrogen-bond acceptors (Lipinski definition) is 7. The molecular formula is C27H24N8O. The number of hydrogen-bond donors (Lipinski definition) is 3. The topological polar surface area (TPSA) is 108 Å². The zero-order chi connectivity index (χ0) is 24.3. The average Bonchev–Trinajstić information content (AvgIpc) is 3.56. The molecule has 9 heteroatoms. The molecule has 0 aliphatic carbocycles. The van der Waals surface area contributed by atoms with Crippen LogP contribution < -0.4 is 5.32 Å². The third kappa shape index (κ3) is 4.55. The zero-order valence-corrected chi connectivity index (χ0v) is 19.5. The van der Waals surface area contributed by atoms with E-state index >= 15 is 0 Å². The van der Waals surface area contributed by atoms with Gasteiger partial charge in [-0.2, -0.15) is 5.10 Å². The second-order valence-corrected chi connectivity index (χ2v) is 8.59. The van der Waals surface area contributed by atoms with Crippen molar-refractivity contribution in [1.29, 1.82) is 0 Å². The maximum Gasteiger partial charge on any atom is 0.161 e. The van der Waals surface area contributed by atoms with Crippen molar-refractivity contribution in [3.8, 4) is 35.2 Å². The Bertz CT molecular complexity index is 1560. The molecule has 3 N–H and O–H groups in total. The van der Waals surface area contributed by atoms with Gasteiger partial charge in [-0.15, -0.1) is 6.42 Å². The van der Waals surface area contributed by atoms with E-state index in [0.29, 0.717) is 23.2 Å². The summed E-state index contributed by atoms with van der Waals surface area (Å²) < 4.78 is 5.45. The summed E-state index contributed by atoms with van der Waals surface area (Å²) in [5.41, 5.74) is 6.16. The molecule has 1 saturated heterocycles. The normalized spacial score (nSPS) is 14.1. The maximum atomic E-state index is 5.54. The molecule has 0 unspecified atom stereocenters. The van der Waals surface area contributed by atoms with E-state index in [9.17, 15) is 0 Å². The van der Waals surface area contributed by atoms with Gasteiger partial charge in [-0.1, -0.05) is 24.1 Å². The van der Waals surface area contributed by atoms with Gasteiger partial charge < -0.3 is 15.0 Å². The van der Waals surface area contributed by atoms with Crippen molar-refractivity contribution in [2.24, 2.45) is 0 Å². The van der Waals surface area contributed by atoms with Crippen LogP contribution in [0.5, 0.6) is 0 Å². The first-order chi connectivity index (χ1) is 17.7. The summed E-state index contributed by atoms with van der Waals surface area (Å²) in [6.07, 6.45) is 9.04. The second kappa shape index (κ2) is 9.62. The summed E-state index contributed by atoms with van der Waals surface area (Å²) in [4.78, 5) is 19.7. The lowest BCUT2D eigenvalue weighted by atomic mass is 10.1. The molecule has 2 aromatic carbocycles. The molecule has 1 fully saturated rings. The van der Waals surface area contributed by atoms with Crippen LogP contribution in [0.3, 0.4) is 0 Å². The number of aromatic nitrogens is 6. The molecular weight excluding hydrogens is 452 g/mol. The Morgan fingerprint density at radius 1 is 1.08 bits per heavy atom. The first-order valence-electron chi connectivity index (χ1n) is 11.8. The van der Waals surface area contributed by atoms with Crippen molar-refractivity contribution >= 4 is 22.5 Å². The fourth-order valence-corrected chi connectivity index (χ4v) is 4.30. The van der Waals surface area contributed by atoms with Gasteiger partial charge >= 0.3 is 0 Å². The van der Waals surface area contributed by atoms with E-state index in [-0.39, 0.29) is 0 Å². The number of benzene rings is 2. The first kappa shape index (κ1) is 22.0. The molecule has 0 bridgehead atoms. The van der Waals surface area contributed by atoms with Crippen molar-refractivity contribution in [2.75, 3.05) is 31.6 Å². The van der Waals surface area contributed by atoms with Gasteiger partial charge in [-0.25, -0.2) is 15.0 Å². The van der Waals surface area contributed by atoms with Crippen molar-refractivity contribution in [2.45, 2.75) is 6.54 Å². The van der Waals surface area contributed by atoms with Crippen LogP contribution in [0.1, 0.15) is 11.1 Å². The molecule has 0 spiro atoms. The van der Waals surface area contributed by atoms with E-state index in [4.69, 9.17) is 16.1 Å². The quantitative estimate of drug-likeness (QED) is 0.318. The molecule has 0 saturated carbocycles. The summed E-state index contributed by atoms with van der Waals surface area (Å²) >= 11 is 0. The summed E-state index contributed by atoms with van der Waals surface area (Å²) in [6, 6.07) is 15.8. The number of fused-ring (bicyclic) bond motifs is 1. The van der Waals surface area contributed by atoms with Crippen LogP contribution in [0, 0.1) is 12.3 Å². The number of rotatable bonds is 6. The molecule has 4 heterocycles. The Balaban J connectivity index is 1.24. The fourth-order valence-electron chi connectivity index (χ4n) is 4.30. The monoisotopic (exact) mass is 476 g/mol. The molecule has 9 nitrogen and oxygen atoms in total. The van der Waals surface area contributed by atoms with E-state index in [0.717, 1.165) is 60.7 Å². The van der Waals surface area contributed by atoms with Crippen molar-refractivity contribution in [3.63, 3.8) is 0 Å². The van der Waals surface area contributed by atoms with E-state index in [2.05, 4.69) is 59.5 Å². The summed E-state index contributed by atoms with van der Waals surface area (Å²) in [7, 11) is 0. The minimum absolute atomic E-state index is 0.582. The minimum Gasteiger partial charge on any atom is -0.379 e. The molecule has 0 amide bonds. The molecule has 178 valence electrons. The molecule has 0 atom stereocenters. The largest absolute Gasteiger partial charge is 0.379 e. The predicted octanol–water partition coefficient (Wildman–Crippen LogP) is 3.97. The Labute approximate surface area is 208 Å². The van der Waals surface area contributed by atoms with E-state index < -0.39 is 0 Å². The van der Waals surface area contributed by atoms with Crippen molar-refractivity contribution in [1.82, 2.24) is 35.0 Å². The van der Waals surface area contributed by atoms with Crippen LogP contribution in [0.15, 0.2) is 60.9 Å². The van der Waals surface area contributed by atoms with E-state index in [1.54, 1.807) is 12.4 Å². The number of aromatic amines is 2. The molecule has 1 aliphatic heterocycles. The highest BCUT2D eigenvalue weighted by Crippen LogP contribution is 2.28. The lowest BCUT2D eigenvalue weighted by molar-refractivity contribution is 0.0342. The fraction of sp³-hybridized carbons (Fsp3) is 0.185. The number of terminal acetylenes is 1. The van der Waals surface area contributed by atoms with Gasteiger partial charge in [-0.05, 0) is 35.9 Å². The number of nitrogens with zero attached hydrogens (tertiary/aromatic N) is 5. The van der Waals surface area contributed by atoms with Crippen LogP contribution in [0.4, 0.5) is 11.5 Å². The van der Waals surface area contributed by atoms with Crippen molar-refractivity contribution in [3.05, 3.63) is 72.1 Å². The highest BCUT2D eigenvalue weighted by Gasteiger charge is 2.16. The predicted molar refractivity (Wildman–Crippen MR) is 138 cm³/mol. The Morgan fingerprint density at radius 2 is 2.00 bits per heavy atom. The second-order valence-electron chi connectivity index (χ2n) is 8.59. The van der Waals surface area contributed by atoms with Crippen LogP contribution in [-0.4, -0.2) is 61.3 Å². The highest BCUT2D eigenvalue weighted by atomic mass is 16.5. The number of nitrogens with one attached hydrogen (secondary N) is 3. The lowest BCUT2D eigenvalue weighted by Gasteiger charge is -2.26. The van der Waals surface area contributed by atoms with E-state index in [1.165, 1.54) is 5.56 Å². The molecule has 5 aromatic rings. The van der Waals surface area contributed by atoms with E-state index in [1.807, 2.05) is 30.3 Å². The van der Waals surface area contributed by atoms with Gasteiger partial charge in [0.2, 0.25) is 0 Å². The SMILES string of the molecule is C#Cc1cccc(-c2nccc(Nc3c[nH]nc3-c3nc4cc(CN5CCOCC5)ccc4[nH]3)n2)c1. The van der Waals surface area contributed by atoms with Crippen LogP contribution >= 0.6 is 0 Å². The van der Waals surface area contributed by atoms with Gasteiger partial charge in [0.1, 0.15) is 5.82 Å². The van der Waals surface area contributed by atoms with Gasteiger partial charge in [0.05, 0.1) is 29.9 Å². The molecule has 0 radical (unpaired) electrons. The maximum absolute atomic E-state index is 5.54. The van der Waals surface area contributed by atoms with Crippen LogP contribution in [0.2, 0.25) is 0 Å². The molecule has 36 heavy (non-hydrogen) atoms. The standard InChI is InChI=1S/C27H24N8O/c1-2-18-4-3-5-20(14-18)26-28-9-8-24(33-26)30-23-16-29-34-25(23)27-31-21-7-6-19(15-22(21)32-27)17-35-10-12-36-13-11-35/h1,3-9,14-16H,10-13,17H2,(H,29,34)(H,31,32)(H,28,30,33). The van der Waals surface area contributed by atoms with Gasteiger partial charge in [-0.3, -0.25) is 10.00 Å². The summed E-state index contributed by atoms with van der Waals surface area (Å²) in [6.45, 7) is 4.36. The number of ether oxygens (including phenoxy) is 1. The summed E-state index contributed by atoms with van der Waals surface area (Å²) in [5.74, 6) is 4.54. The van der Waals surface area contributed by atoms with Crippen molar-refractivity contribution < 1.29 is 4.74 Å².